The summed E-state index contributed by atoms with van der Waals surface area (Å²) in [6.07, 6.45) is 0. The maximum atomic E-state index is 6.63. The van der Waals surface area contributed by atoms with Gasteiger partial charge in [0.15, 0.2) is 0 Å². The molecule has 0 aliphatic carbocycles. The first kappa shape index (κ1) is 20.0. The van der Waals surface area contributed by atoms with Crippen molar-refractivity contribution in [2.24, 2.45) is 0 Å². The summed E-state index contributed by atoms with van der Waals surface area (Å²) in [5, 5.41) is 1.13. The van der Waals surface area contributed by atoms with Crippen molar-refractivity contribution in [3.05, 3.63) is 77.9 Å². The molecule has 3 aromatic carbocycles. The topological polar surface area (TPSA) is 18.5 Å². The van der Waals surface area contributed by atoms with Gasteiger partial charge in [-0.2, -0.15) is 0 Å². The second kappa shape index (κ2) is 7.18. The molecule has 0 aromatic heterocycles. The molecule has 0 N–H and O–H groups in total. The zero-order valence-corrected chi connectivity index (χ0v) is 19.0. The maximum Gasteiger partial charge on any atom is 0.326 e. The number of para-hydroxylation sites is 1. The van der Waals surface area contributed by atoms with Crippen LogP contribution in [-0.2, 0) is 10.8 Å². The van der Waals surface area contributed by atoms with Gasteiger partial charge in [0, 0.05) is 11.1 Å². The Balaban J connectivity index is 1.91. The normalized spacial score (nSPS) is 15.9. The van der Waals surface area contributed by atoms with Crippen molar-refractivity contribution in [2.45, 2.75) is 52.4 Å². The first-order valence-corrected chi connectivity index (χ1v) is 11.3. The molecule has 1 aliphatic rings. The molecule has 2 nitrogen and oxygen atoms in total. The van der Waals surface area contributed by atoms with Crippen molar-refractivity contribution >= 4 is 13.7 Å². The van der Waals surface area contributed by atoms with Gasteiger partial charge < -0.3 is 9.05 Å². The lowest BCUT2D eigenvalue weighted by Crippen LogP contribution is -2.23. The first-order chi connectivity index (χ1) is 13.6. The molecule has 0 amide bonds. The Bertz CT molecular complexity index is 1030. The third-order valence-electron chi connectivity index (χ3n) is 5.26. The lowest BCUT2D eigenvalue weighted by molar-refractivity contribution is 0.478. The Hall–Kier alpha value is -2.31. The van der Waals surface area contributed by atoms with Crippen LogP contribution in [-0.4, -0.2) is 0 Å². The minimum absolute atomic E-state index is 0.0363. The van der Waals surface area contributed by atoms with E-state index in [9.17, 15) is 0 Å². The van der Waals surface area contributed by atoms with E-state index in [1.165, 1.54) is 22.3 Å². The smallest absolute Gasteiger partial charge is 0.326 e. The highest BCUT2D eigenvalue weighted by Crippen LogP contribution is 2.53. The van der Waals surface area contributed by atoms with Crippen molar-refractivity contribution in [3.8, 4) is 22.6 Å². The van der Waals surface area contributed by atoms with E-state index in [2.05, 4.69) is 77.9 Å². The van der Waals surface area contributed by atoms with Gasteiger partial charge in [0.2, 0.25) is 0 Å². The Morgan fingerprint density at radius 1 is 0.724 bits per heavy atom. The van der Waals surface area contributed by atoms with Crippen LogP contribution in [0.1, 0.15) is 52.7 Å². The van der Waals surface area contributed by atoms with Crippen LogP contribution >= 0.6 is 8.38 Å². The third kappa shape index (κ3) is 3.91. The average molecular weight is 404 g/mol. The van der Waals surface area contributed by atoms with E-state index in [1.54, 1.807) is 0 Å². The molecular formula is C26H29O2P. The molecule has 0 saturated carbocycles. The van der Waals surface area contributed by atoms with Crippen molar-refractivity contribution in [3.63, 3.8) is 0 Å². The van der Waals surface area contributed by atoms with Crippen LogP contribution in [0.4, 0.5) is 0 Å². The van der Waals surface area contributed by atoms with Gasteiger partial charge in [-0.25, -0.2) is 0 Å². The van der Waals surface area contributed by atoms with Crippen LogP contribution in [0.25, 0.3) is 11.1 Å². The van der Waals surface area contributed by atoms with Gasteiger partial charge in [-0.05, 0) is 46.2 Å². The Labute approximate surface area is 175 Å². The van der Waals surface area contributed by atoms with Gasteiger partial charge in [0.1, 0.15) is 11.5 Å². The molecule has 0 bridgehead atoms. The molecule has 1 atom stereocenters. The van der Waals surface area contributed by atoms with Crippen LogP contribution in [0, 0.1) is 0 Å². The van der Waals surface area contributed by atoms with Crippen LogP contribution in [0.15, 0.2) is 66.7 Å². The molecule has 0 saturated heterocycles. The minimum atomic E-state index is -1.25. The molecule has 3 heteroatoms. The van der Waals surface area contributed by atoms with Gasteiger partial charge in [-0.15, -0.1) is 0 Å². The molecule has 1 aliphatic heterocycles. The van der Waals surface area contributed by atoms with Crippen molar-refractivity contribution in [1.29, 1.82) is 0 Å². The summed E-state index contributed by atoms with van der Waals surface area (Å²) in [5.41, 5.74) is 4.98. The lowest BCUT2D eigenvalue weighted by Gasteiger charge is -2.34. The molecule has 3 aromatic rings. The fourth-order valence-corrected chi connectivity index (χ4v) is 5.06. The highest BCUT2D eigenvalue weighted by Gasteiger charge is 2.35. The monoisotopic (exact) mass is 404 g/mol. The Kier molecular flexibility index (Phi) is 4.95. The average Bonchev–Trinajstić information content (AvgIpc) is 2.67. The molecular weight excluding hydrogens is 375 g/mol. The maximum absolute atomic E-state index is 6.63. The Morgan fingerprint density at radius 3 is 2.03 bits per heavy atom. The van der Waals surface area contributed by atoms with Gasteiger partial charge in [-0.1, -0.05) is 84.0 Å². The first-order valence-electron chi connectivity index (χ1n) is 10.1. The van der Waals surface area contributed by atoms with Crippen LogP contribution in [0.2, 0.25) is 0 Å². The van der Waals surface area contributed by atoms with Crippen molar-refractivity contribution < 1.29 is 9.05 Å². The zero-order valence-electron chi connectivity index (χ0n) is 18.1. The number of rotatable bonds is 2. The van der Waals surface area contributed by atoms with Gasteiger partial charge >= 0.3 is 8.38 Å². The number of hydrogen-bond acceptors (Lipinski definition) is 2. The van der Waals surface area contributed by atoms with E-state index < -0.39 is 8.38 Å². The summed E-state index contributed by atoms with van der Waals surface area (Å²) in [6, 6.07) is 23.1. The van der Waals surface area contributed by atoms with Crippen LogP contribution < -0.4 is 14.4 Å². The Morgan fingerprint density at radius 2 is 1.38 bits per heavy atom. The van der Waals surface area contributed by atoms with Crippen molar-refractivity contribution in [2.75, 3.05) is 0 Å². The van der Waals surface area contributed by atoms with E-state index in [-0.39, 0.29) is 10.8 Å². The standard InChI is InChI=1S/C26H29O2P/c1-25(2,3)18-16-21-20-14-10-11-15-23(20)29(27-19-12-8-7-9-13-19)28-24(21)22(17-18)26(4,5)6/h7-17H,1-6H3. The largest absolute Gasteiger partial charge is 0.435 e. The van der Waals surface area contributed by atoms with Gasteiger partial charge in [-0.3, -0.25) is 0 Å². The fourth-order valence-electron chi connectivity index (χ4n) is 3.55. The second-order valence-corrected chi connectivity index (χ2v) is 11.0. The predicted molar refractivity (Wildman–Crippen MR) is 124 cm³/mol. The summed E-state index contributed by atoms with van der Waals surface area (Å²) >= 11 is 0. The highest BCUT2D eigenvalue weighted by atomic mass is 31.2. The van der Waals surface area contributed by atoms with Crippen LogP contribution in [0.5, 0.6) is 11.5 Å². The van der Waals surface area contributed by atoms with Crippen LogP contribution in [0.3, 0.4) is 0 Å². The van der Waals surface area contributed by atoms with Gasteiger partial charge in [0.05, 0.1) is 5.30 Å². The SMILES string of the molecule is CC(C)(C)c1cc2c(c(C(C)(C)C)c1)OP(Oc1ccccc1)c1ccccc1-2. The van der Waals surface area contributed by atoms with E-state index in [0.29, 0.717) is 0 Å². The van der Waals surface area contributed by atoms with Crippen molar-refractivity contribution in [1.82, 2.24) is 0 Å². The zero-order chi connectivity index (χ0) is 20.8. The minimum Gasteiger partial charge on any atom is -0.435 e. The van der Waals surface area contributed by atoms with Gasteiger partial charge in [0.25, 0.3) is 0 Å². The number of fused-ring (bicyclic) bond motifs is 3. The molecule has 0 fully saturated rings. The molecule has 1 heterocycles. The quantitative estimate of drug-likeness (QED) is 0.416. The molecule has 150 valence electrons. The highest BCUT2D eigenvalue weighted by molar-refractivity contribution is 7.57. The number of benzene rings is 3. The molecule has 29 heavy (non-hydrogen) atoms. The van der Waals surface area contributed by atoms with E-state index in [4.69, 9.17) is 9.05 Å². The summed E-state index contributed by atoms with van der Waals surface area (Å²) in [5.74, 6) is 1.80. The summed E-state index contributed by atoms with van der Waals surface area (Å²) in [6.45, 7) is 13.5. The van der Waals surface area contributed by atoms with E-state index in [0.717, 1.165) is 16.8 Å². The van der Waals surface area contributed by atoms with E-state index >= 15 is 0 Å². The lowest BCUT2D eigenvalue weighted by atomic mass is 9.78. The number of hydrogen-bond donors (Lipinski definition) is 0. The fraction of sp³-hybridized carbons (Fsp3) is 0.308. The second-order valence-electron chi connectivity index (χ2n) is 9.67. The van der Waals surface area contributed by atoms with E-state index in [1.807, 2.05) is 30.3 Å². The molecule has 4 rings (SSSR count). The third-order valence-corrected chi connectivity index (χ3v) is 6.77. The summed E-state index contributed by atoms with van der Waals surface area (Å²) < 4.78 is 13.0. The summed E-state index contributed by atoms with van der Waals surface area (Å²) in [7, 11) is -1.25. The molecule has 0 radical (unpaired) electrons. The molecule has 0 spiro atoms. The predicted octanol–water partition coefficient (Wildman–Crippen LogP) is 7.36. The summed E-state index contributed by atoms with van der Waals surface area (Å²) in [4.78, 5) is 0. The molecule has 1 unspecified atom stereocenters.